The molecule has 2 N–H and O–H groups in total. The number of benzene rings is 1. The SMILES string of the molecule is CCCOc1nc(N)nc(Oc2cc(C)cc(C)c2C)n1. The molecular formula is C15H20N4O2. The van der Waals surface area contributed by atoms with Crippen molar-refractivity contribution < 1.29 is 9.47 Å². The molecule has 0 saturated carbocycles. The summed E-state index contributed by atoms with van der Waals surface area (Å²) in [6.07, 6.45) is 0.859. The van der Waals surface area contributed by atoms with Gasteiger partial charge in [-0.25, -0.2) is 0 Å². The molecule has 0 unspecified atom stereocenters. The van der Waals surface area contributed by atoms with Crippen LogP contribution in [0.25, 0.3) is 0 Å². The van der Waals surface area contributed by atoms with Gasteiger partial charge in [0.25, 0.3) is 0 Å². The summed E-state index contributed by atoms with van der Waals surface area (Å²) in [7, 11) is 0. The molecule has 6 nitrogen and oxygen atoms in total. The van der Waals surface area contributed by atoms with Crippen molar-refractivity contribution in [1.82, 2.24) is 15.0 Å². The van der Waals surface area contributed by atoms with Crippen LogP contribution in [0.4, 0.5) is 5.95 Å². The van der Waals surface area contributed by atoms with Gasteiger partial charge in [-0.05, 0) is 49.9 Å². The molecule has 112 valence electrons. The fourth-order valence-electron chi connectivity index (χ4n) is 1.86. The van der Waals surface area contributed by atoms with Crippen molar-refractivity contribution >= 4 is 5.95 Å². The zero-order chi connectivity index (χ0) is 15.4. The van der Waals surface area contributed by atoms with Gasteiger partial charge in [0.15, 0.2) is 0 Å². The second-order valence-corrected chi connectivity index (χ2v) is 4.91. The van der Waals surface area contributed by atoms with Crippen molar-refractivity contribution in [2.45, 2.75) is 34.1 Å². The van der Waals surface area contributed by atoms with E-state index in [0.29, 0.717) is 12.4 Å². The van der Waals surface area contributed by atoms with Crippen LogP contribution in [-0.4, -0.2) is 21.6 Å². The maximum atomic E-state index is 5.75. The van der Waals surface area contributed by atoms with Gasteiger partial charge in [0.05, 0.1) is 6.61 Å². The molecule has 0 bridgehead atoms. The summed E-state index contributed by atoms with van der Waals surface area (Å²) in [5.41, 5.74) is 8.95. The number of aromatic nitrogens is 3. The van der Waals surface area contributed by atoms with E-state index in [-0.39, 0.29) is 18.0 Å². The number of nitrogens with two attached hydrogens (primary N) is 1. The fraction of sp³-hybridized carbons (Fsp3) is 0.400. The van der Waals surface area contributed by atoms with E-state index >= 15 is 0 Å². The number of hydrogen-bond donors (Lipinski definition) is 1. The molecule has 0 radical (unpaired) electrons. The van der Waals surface area contributed by atoms with Crippen molar-refractivity contribution in [1.29, 1.82) is 0 Å². The zero-order valence-electron chi connectivity index (χ0n) is 12.8. The van der Waals surface area contributed by atoms with Gasteiger partial charge in [-0.15, -0.1) is 4.98 Å². The Hall–Kier alpha value is -2.37. The average Bonchev–Trinajstić information content (AvgIpc) is 2.41. The Labute approximate surface area is 124 Å². The standard InChI is InChI=1S/C15H20N4O2/c1-5-6-20-14-17-13(16)18-15(19-14)21-12-8-9(2)7-10(3)11(12)4/h7-8H,5-6H2,1-4H3,(H2,16,17,18,19). The second-order valence-electron chi connectivity index (χ2n) is 4.91. The maximum Gasteiger partial charge on any atom is 0.330 e. The molecule has 0 atom stereocenters. The summed E-state index contributed by atoms with van der Waals surface area (Å²) < 4.78 is 11.1. The van der Waals surface area contributed by atoms with Crippen LogP contribution in [0.1, 0.15) is 30.0 Å². The van der Waals surface area contributed by atoms with Crippen molar-refractivity contribution in [3.05, 3.63) is 28.8 Å². The molecule has 0 aliphatic carbocycles. The highest BCUT2D eigenvalue weighted by Gasteiger charge is 2.10. The van der Waals surface area contributed by atoms with Crippen molar-refractivity contribution in [2.24, 2.45) is 0 Å². The lowest BCUT2D eigenvalue weighted by Gasteiger charge is -2.11. The Morgan fingerprint density at radius 3 is 2.48 bits per heavy atom. The molecular weight excluding hydrogens is 268 g/mol. The van der Waals surface area contributed by atoms with E-state index in [4.69, 9.17) is 15.2 Å². The van der Waals surface area contributed by atoms with Gasteiger partial charge in [0.2, 0.25) is 5.95 Å². The van der Waals surface area contributed by atoms with E-state index in [1.54, 1.807) is 0 Å². The van der Waals surface area contributed by atoms with Crippen molar-refractivity contribution in [2.75, 3.05) is 12.3 Å². The Balaban J connectivity index is 2.29. The second kappa shape index (κ2) is 6.39. The van der Waals surface area contributed by atoms with Gasteiger partial charge >= 0.3 is 12.0 Å². The van der Waals surface area contributed by atoms with E-state index in [0.717, 1.165) is 23.1 Å². The van der Waals surface area contributed by atoms with Crippen molar-refractivity contribution in [3.8, 4) is 17.8 Å². The summed E-state index contributed by atoms with van der Waals surface area (Å²) in [4.78, 5) is 12.0. The molecule has 0 aliphatic heterocycles. The average molecular weight is 288 g/mol. The minimum absolute atomic E-state index is 0.0770. The number of nitrogen functional groups attached to an aromatic ring is 1. The maximum absolute atomic E-state index is 5.75. The highest BCUT2D eigenvalue weighted by molar-refractivity contribution is 5.43. The van der Waals surface area contributed by atoms with Crippen LogP contribution in [0.2, 0.25) is 0 Å². The Kier molecular flexibility index (Phi) is 4.57. The lowest BCUT2D eigenvalue weighted by molar-refractivity contribution is 0.285. The molecule has 2 aromatic rings. The number of nitrogens with zero attached hydrogens (tertiary/aromatic N) is 3. The summed E-state index contributed by atoms with van der Waals surface area (Å²) >= 11 is 0. The van der Waals surface area contributed by atoms with Crippen LogP contribution in [0.3, 0.4) is 0 Å². The Bertz CT molecular complexity index is 644. The van der Waals surface area contributed by atoms with Crippen LogP contribution >= 0.6 is 0 Å². The molecule has 21 heavy (non-hydrogen) atoms. The number of aryl methyl sites for hydroxylation is 2. The summed E-state index contributed by atoms with van der Waals surface area (Å²) in [6, 6.07) is 4.36. The third kappa shape index (κ3) is 3.81. The number of hydrogen-bond acceptors (Lipinski definition) is 6. The number of rotatable bonds is 5. The Morgan fingerprint density at radius 2 is 1.76 bits per heavy atom. The molecule has 6 heteroatoms. The normalized spacial score (nSPS) is 10.5. The lowest BCUT2D eigenvalue weighted by Crippen LogP contribution is -2.06. The minimum atomic E-state index is 0.0770. The van der Waals surface area contributed by atoms with Crippen LogP contribution in [0, 0.1) is 20.8 Å². The topological polar surface area (TPSA) is 83.2 Å². The first-order chi connectivity index (χ1) is 9.99. The van der Waals surface area contributed by atoms with E-state index in [1.807, 2.05) is 33.8 Å². The summed E-state index contributed by atoms with van der Waals surface area (Å²) in [6.45, 7) is 8.55. The molecule has 2 rings (SSSR count). The zero-order valence-corrected chi connectivity index (χ0v) is 12.8. The molecule has 0 amide bonds. The molecule has 0 aliphatic rings. The lowest BCUT2D eigenvalue weighted by atomic mass is 10.1. The quantitative estimate of drug-likeness (QED) is 0.910. The van der Waals surface area contributed by atoms with Crippen LogP contribution in [-0.2, 0) is 0 Å². The van der Waals surface area contributed by atoms with Gasteiger partial charge in [-0.2, -0.15) is 9.97 Å². The highest BCUT2D eigenvalue weighted by Crippen LogP contribution is 2.27. The molecule has 0 saturated heterocycles. The first-order valence-corrected chi connectivity index (χ1v) is 6.89. The molecule has 1 aromatic carbocycles. The number of ether oxygens (including phenoxy) is 2. The first-order valence-electron chi connectivity index (χ1n) is 6.89. The van der Waals surface area contributed by atoms with E-state index in [2.05, 4.69) is 21.0 Å². The van der Waals surface area contributed by atoms with Gasteiger partial charge in [-0.1, -0.05) is 13.0 Å². The van der Waals surface area contributed by atoms with E-state index in [1.165, 1.54) is 0 Å². The fourth-order valence-corrected chi connectivity index (χ4v) is 1.86. The summed E-state index contributed by atoms with van der Waals surface area (Å²) in [5, 5.41) is 0. The third-order valence-corrected chi connectivity index (χ3v) is 3.01. The van der Waals surface area contributed by atoms with Crippen LogP contribution in [0.5, 0.6) is 17.8 Å². The minimum Gasteiger partial charge on any atom is -0.463 e. The predicted octanol–water partition coefficient (Wildman–Crippen LogP) is 2.96. The van der Waals surface area contributed by atoms with Gasteiger partial charge in [-0.3, -0.25) is 0 Å². The molecule has 1 aromatic heterocycles. The van der Waals surface area contributed by atoms with Crippen LogP contribution < -0.4 is 15.2 Å². The Morgan fingerprint density at radius 1 is 1.05 bits per heavy atom. The monoisotopic (exact) mass is 288 g/mol. The van der Waals surface area contributed by atoms with Gasteiger partial charge in [0.1, 0.15) is 5.75 Å². The van der Waals surface area contributed by atoms with E-state index in [9.17, 15) is 0 Å². The number of anilines is 1. The van der Waals surface area contributed by atoms with Crippen molar-refractivity contribution in [3.63, 3.8) is 0 Å². The third-order valence-electron chi connectivity index (χ3n) is 3.01. The highest BCUT2D eigenvalue weighted by atomic mass is 16.5. The van der Waals surface area contributed by atoms with Crippen LogP contribution in [0.15, 0.2) is 12.1 Å². The smallest absolute Gasteiger partial charge is 0.330 e. The predicted molar refractivity (Wildman–Crippen MR) is 80.8 cm³/mol. The molecule has 1 heterocycles. The van der Waals surface area contributed by atoms with E-state index < -0.39 is 0 Å². The largest absolute Gasteiger partial charge is 0.463 e. The summed E-state index contributed by atoms with van der Waals surface area (Å²) in [5.74, 6) is 0.785. The van der Waals surface area contributed by atoms with Gasteiger partial charge < -0.3 is 15.2 Å². The molecule has 0 spiro atoms. The molecule has 0 fully saturated rings. The van der Waals surface area contributed by atoms with Gasteiger partial charge in [0, 0.05) is 0 Å². The first kappa shape index (κ1) is 15.0.